The van der Waals surface area contributed by atoms with Gasteiger partial charge in [-0.3, -0.25) is 9.59 Å². The van der Waals surface area contributed by atoms with E-state index in [0.717, 1.165) is 11.0 Å². The number of benzene rings is 1. The highest BCUT2D eigenvalue weighted by Crippen LogP contribution is 2.32. The summed E-state index contributed by atoms with van der Waals surface area (Å²) in [6.07, 6.45) is 0. The fraction of sp³-hybridized carbons (Fsp3) is 0.154. The lowest BCUT2D eigenvalue weighted by Gasteiger charge is -2.21. The highest BCUT2D eigenvalue weighted by atomic mass is 16.4. The van der Waals surface area contributed by atoms with Gasteiger partial charge >= 0.3 is 5.97 Å². The second kappa shape index (κ2) is 4.24. The summed E-state index contributed by atoms with van der Waals surface area (Å²) < 4.78 is 0. The van der Waals surface area contributed by atoms with E-state index in [4.69, 9.17) is 5.11 Å². The van der Waals surface area contributed by atoms with Crippen molar-refractivity contribution in [2.24, 2.45) is 0 Å². The molecule has 1 aromatic rings. The van der Waals surface area contributed by atoms with Gasteiger partial charge in [-0.05, 0) is 26.0 Å². The Morgan fingerprint density at radius 1 is 1.16 bits per heavy atom. The van der Waals surface area contributed by atoms with Crippen LogP contribution in [0.15, 0.2) is 29.3 Å². The number of carboxylic acids is 1. The fourth-order valence-corrected chi connectivity index (χ4v) is 1.80. The van der Waals surface area contributed by atoms with Gasteiger partial charge in [-0.15, -0.1) is 0 Å². The number of imide groups is 1. The fourth-order valence-electron chi connectivity index (χ4n) is 1.80. The van der Waals surface area contributed by atoms with E-state index >= 15 is 0 Å². The topological polar surface area (TPSA) is 97.7 Å². The predicted molar refractivity (Wildman–Crippen MR) is 63.7 cm³/mol. The summed E-state index contributed by atoms with van der Waals surface area (Å²) in [7, 11) is 0. The average Bonchev–Trinajstić information content (AvgIpc) is 2.55. The molecule has 19 heavy (non-hydrogen) atoms. The van der Waals surface area contributed by atoms with Crippen molar-refractivity contribution in [1.29, 1.82) is 0 Å². The van der Waals surface area contributed by atoms with Gasteiger partial charge in [0.05, 0.1) is 5.56 Å². The Bertz CT molecular complexity index is 620. The summed E-state index contributed by atoms with van der Waals surface area (Å²) in [5.74, 6) is -3.03. The van der Waals surface area contributed by atoms with Gasteiger partial charge in [0.1, 0.15) is 0 Å². The molecule has 0 fully saturated rings. The van der Waals surface area contributed by atoms with Crippen molar-refractivity contribution in [2.45, 2.75) is 13.8 Å². The van der Waals surface area contributed by atoms with Crippen LogP contribution < -0.4 is 10.0 Å². The first-order valence-corrected chi connectivity index (χ1v) is 5.45. The Morgan fingerprint density at radius 3 is 2.11 bits per heavy atom. The molecule has 6 nitrogen and oxygen atoms in total. The lowest BCUT2D eigenvalue weighted by Crippen LogP contribution is -2.32. The van der Waals surface area contributed by atoms with Crippen molar-refractivity contribution in [1.82, 2.24) is 0 Å². The maximum absolute atomic E-state index is 11.9. The second-order valence-corrected chi connectivity index (χ2v) is 4.18. The molecule has 2 amide bonds. The Morgan fingerprint density at radius 2 is 1.68 bits per heavy atom. The zero-order valence-corrected chi connectivity index (χ0v) is 10.3. The second-order valence-electron chi connectivity index (χ2n) is 4.18. The molecule has 0 aromatic heterocycles. The Kier molecular flexibility index (Phi) is 2.86. The van der Waals surface area contributed by atoms with Crippen LogP contribution in [0.25, 0.3) is 0 Å². The first-order valence-electron chi connectivity index (χ1n) is 5.45. The molecule has 6 heteroatoms. The third-order valence-electron chi connectivity index (χ3n) is 3.06. The van der Waals surface area contributed by atoms with E-state index in [1.165, 1.54) is 26.0 Å². The van der Waals surface area contributed by atoms with Crippen LogP contribution in [-0.4, -0.2) is 22.9 Å². The molecule has 2 rings (SSSR count). The number of hydrogen-bond donors (Lipinski definition) is 1. The zero-order valence-electron chi connectivity index (χ0n) is 10.3. The standard InChI is InChI=1S/C13H11NO5/c1-6-7(2)12(17)14(11(6)16)9-4-3-8(13(18)19)5-10(9)15/h3-5,15H,1-2H3,(H,18,19)/p-1. The Labute approximate surface area is 108 Å². The number of hydrogen-bond acceptors (Lipinski definition) is 4. The number of nitrogens with zero attached hydrogens (tertiary/aromatic N) is 1. The molecule has 0 saturated carbocycles. The van der Waals surface area contributed by atoms with Gasteiger partial charge < -0.3 is 10.2 Å². The first-order chi connectivity index (χ1) is 8.84. The summed E-state index contributed by atoms with van der Waals surface area (Å²) in [5, 5.41) is 20.6. The van der Waals surface area contributed by atoms with E-state index in [-0.39, 0.29) is 22.4 Å². The highest BCUT2D eigenvalue weighted by molar-refractivity contribution is 6.32. The van der Waals surface area contributed by atoms with Crippen molar-refractivity contribution < 1.29 is 24.6 Å². The van der Waals surface area contributed by atoms with E-state index in [1.54, 1.807) is 0 Å². The third-order valence-corrected chi connectivity index (χ3v) is 3.06. The van der Waals surface area contributed by atoms with Crippen molar-refractivity contribution in [2.75, 3.05) is 4.90 Å². The first kappa shape index (κ1) is 12.8. The van der Waals surface area contributed by atoms with Gasteiger partial charge in [-0.2, -0.15) is 0 Å². The predicted octanol–water partition coefficient (Wildman–Crippen LogP) is 0.668. The number of anilines is 1. The zero-order chi connectivity index (χ0) is 14.3. The molecule has 0 unspecified atom stereocenters. The molecule has 1 aromatic carbocycles. The molecule has 0 spiro atoms. The Balaban J connectivity index is 2.48. The number of carboxylic acid groups (broad SMARTS) is 1. The van der Waals surface area contributed by atoms with E-state index in [2.05, 4.69) is 0 Å². The van der Waals surface area contributed by atoms with Gasteiger partial charge in [0.2, 0.25) is 0 Å². The summed E-state index contributed by atoms with van der Waals surface area (Å²) in [6, 6.07) is 3.25. The molecule has 0 bridgehead atoms. The van der Waals surface area contributed by atoms with Crippen LogP contribution in [0.1, 0.15) is 24.2 Å². The smallest absolute Gasteiger partial charge is 0.335 e. The lowest BCUT2D eigenvalue weighted by atomic mass is 10.1. The maximum atomic E-state index is 11.9. The monoisotopic (exact) mass is 260 g/mol. The van der Waals surface area contributed by atoms with Crippen LogP contribution >= 0.6 is 0 Å². The largest absolute Gasteiger partial charge is 0.871 e. The number of amides is 2. The van der Waals surface area contributed by atoms with Crippen LogP contribution in [0.5, 0.6) is 5.75 Å². The molecule has 0 radical (unpaired) electrons. The summed E-state index contributed by atoms with van der Waals surface area (Å²) in [4.78, 5) is 35.3. The molecule has 0 atom stereocenters. The van der Waals surface area contributed by atoms with E-state index in [1.807, 2.05) is 0 Å². The SMILES string of the molecule is CC1=C(C)C(=O)N(c2ccc(C(=O)O)cc2[O-])C1=O. The van der Waals surface area contributed by atoms with Crippen molar-refractivity contribution in [3.8, 4) is 5.75 Å². The van der Waals surface area contributed by atoms with E-state index < -0.39 is 23.5 Å². The van der Waals surface area contributed by atoms with Crippen molar-refractivity contribution in [3.05, 3.63) is 34.9 Å². The normalized spacial score (nSPS) is 15.4. The minimum absolute atomic E-state index is 0.129. The van der Waals surface area contributed by atoms with Crippen LogP contribution in [0, 0.1) is 0 Å². The maximum Gasteiger partial charge on any atom is 0.335 e. The van der Waals surface area contributed by atoms with Gasteiger partial charge in [0, 0.05) is 16.8 Å². The van der Waals surface area contributed by atoms with Crippen LogP contribution in [0.2, 0.25) is 0 Å². The summed E-state index contributed by atoms with van der Waals surface area (Å²) >= 11 is 0. The molecule has 1 heterocycles. The van der Waals surface area contributed by atoms with Crippen LogP contribution in [0.3, 0.4) is 0 Å². The van der Waals surface area contributed by atoms with Crippen molar-refractivity contribution >= 4 is 23.5 Å². The molecule has 1 aliphatic heterocycles. The number of carbonyl (C=O) groups is 3. The van der Waals surface area contributed by atoms with Gasteiger partial charge in [-0.25, -0.2) is 9.69 Å². The van der Waals surface area contributed by atoms with E-state index in [0.29, 0.717) is 0 Å². The van der Waals surface area contributed by atoms with Gasteiger partial charge in [0.15, 0.2) is 0 Å². The van der Waals surface area contributed by atoms with Crippen LogP contribution in [-0.2, 0) is 9.59 Å². The third kappa shape index (κ3) is 1.87. The molecular weight excluding hydrogens is 250 g/mol. The minimum atomic E-state index is -1.24. The molecule has 0 saturated heterocycles. The Hall–Kier alpha value is -2.63. The summed E-state index contributed by atoms with van der Waals surface area (Å²) in [5.41, 5.74) is 0.254. The molecule has 1 N–H and O–H groups in total. The molecule has 98 valence electrons. The van der Waals surface area contributed by atoms with E-state index in [9.17, 15) is 19.5 Å². The number of rotatable bonds is 2. The van der Waals surface area contributed by atoms with Crippen LogP contribution in [0.4, 0.5) is 5.69 Å². The highest BCUT2D eigenvalue weighted by Gasteiger charge is 2.34. The minimum Gasteiger partial charge on any atom is -0.871 e. The summed E-state index contributed by atoms with van der Waals surface area (Å²) in [6.45, 7) is 3.01. The molecule has 1 aliphatic rings. The lowest BCUT2D eigenvalue weighted by molar-refractivity contribution is -0.267. The number of carbonyl (C=O) groups excluding carboxylic acids is 2. The van der Waals surface area contributed by atoms with Gasteiger partial charge in [0.25, 0.3) is 11.8 Å². The molecular formula is C13H10NO5-. The number of aromatic carboxylic acids is 1. The van der Waals surface area contributed by atoms with Crippen molar-refractivity contribution in [3.63, 3.8) is 0 Å². The quantitative estimate of drug-likeness (QED) is 0.788. The molecule has 0 aliphatic carbocycles. The average molecular weight is 260 g/mol. The van der Waals surface area contributed by atoms with Gasteiger partial charge in [-0.1, -0.05) is 11.8 Å².